The number of hydrogen-bond donors (Lipinski definition) is 1. The van der Waals surface area contributed by atoms with Crippen molar-refractivity contribution in [1.82, 2.24) is 5.32 Å². The number of rotatable bonds is 5. The third-order valence-electron chi connectivity index (χ3n) is 1.95. The molecule has 0 radical (unpaired) electrons. The maximum atomic E-state index is 6.20. The van der Waals surface area contributed by atoms with Crippen molar-refractivity contribution in [1.29, 1.82) is 0 Å². The quantitative estimate of drug-likeness (QED) is 0.790. The highest BCUT2D eigenvalue weighted by Crippen LogP contribution is 2.29. The molecule has 0 saturated carbocycles. The maximum Gasteiger partial charge on any atom is 0.0545 e. The number of thioether (sulfide) groups is 1. The zero-order chi connectivity index (χ0) is 11.3. The molecule has 0 unspecified atom stereocenters. The predicted molar refractivity (Wildman–Crippen MR) is 69.8 cm³/mol. The second-order valence-corrected chi connectivity index (χ2v) is 5.47. The van der Waals surface area contributed by atoms with Crippen LogP contribution >= 0.6 is 23.4 Å². The van der Waals surface area contributed by atoms with E-state index in [-0.39, 0.29) is 0 Å². The Labute approximate surface area is 102 Å². The molecule has 0 bridgehead atoms. The Balaban J connectivity index is 2.66. The van der Waals surface area contributed by atoms with Gasteiger partial charge in [0.05, 0.1) is 5.02 Å². The Morgan fingerprint density at radius 2 is 2.13 bits per heavy atom. The highest BCUT2D eigenvalue weighted by atomic mass is 35.5. The van der Waals surface area contributed by atoms with Gasteiger partial charge in [0.15, 0.2) is 0 Å². The minimum Gasteiger partial charge on any atom is -0.316 e. The Bertz CT molecular complexity index is 312. The maximum absolute atomic E-state index is 6.20. The molecule has 1 aromatic carbocycles. The lowest BCUT2D eigenvalue weighted by atomic mass is 10.2. The summed E-state index contributed by atoms with van der Waals surface area (Å²) in [6.07, 6.45) is 0. The van der Waals surface area contributed by atoms with E-state index in [2.05, 4.69) is 31.3 Å². The van der Waals surface area contributed by atoms with Crippen molar-refractivity contribution < 1.29 is 0 Å². The molecular formula is C12H18ClNS. The highest BCUT2D eigenvalue weighted by Gasteiger charge is 2.03. The summed E-state index contributed by atoms with van der Waals surface area (Å²) in [7, 11) is 1.94. The topological polar surface area (TPSA) is 12.0 Å². The van der Waals surface area contributed by atoms with Crippen LogP contribution in [0.5, 0.6) is 0 Å². The molecule has 0 fully saturated rings. The van der Waals surface area contributed by atoms with Crippen LogP contribution in [0.1, 0.15) is 19.4 Å². The van der Waals surface area contributed by atoms with Crippen molar-refractivity contribution in [2.75, 3.05) is 12.8 Å². The first-order valence-corrected chi connectivity index (χ1v) is 6.55. The van der Waals surface area contributed by atoms with E-state index >= 15 is 0 Å². The number of benzene rings is 1. The average Bonchev–Trinajstić information content (AvgIpc) is 2.17. The lowest BCUT2D eigenvalue weighted by Gasteiger charge is -2.08. The van der Waals surface area contributed by atoms with Gasteiger partial charge < -0.3 is 5.32 Å². The van der Waals surface area contributed by atoms with Gasteiger partial charge in [-0.15, -0.1) is 11.8 Å². The fourth-order valence-electron chi connectivity index (χ4n) is 1.23. The summed E-state index contributed by atoms with van der Waals surface area (Å²) in [5.74, 6) is 1.81. The molecular weight excluding hydrogens is 226 g/mol. The molecule has 1 N–H and O–H groups in total. The van der Waals surface area contributed by atoms with Crippen molar-refractivity contribution in [3.05, 3.63) is 28.8 Å². The number of halogens is 1. The fraction of sp³-hybridized carbons (Fsp3) is 0.500. The molecule has 0 heterocycles. The summed E-state index contributed by atoms with van der Waals surface area (Å²) in [4.78, 5) is 1.19. The minimum absolute atomic E-state index is 0.697. The van der Waals surface area contributed by atoms with Crippen LogP contribution in [0.25, 0.3) is 0 Å². The van der Waals surface area contributed by atoms with Crippen molar-refractivity contribution in [2.45, 2.75) is 25.3 Å². The predicted octanol–water partition coefficient (Wildman–Crippen LogP) is 3.81. The fourth-order valence-corrected chi connectivity index (χ4v) is 2.47. The van der Waals surface area contributed by atoms with Crippen LogP contribution in [-0.2, 0) is 6.54 Å². The largest absolute Gasteiger partial charge is 0.316 e. The first kappa shape index (κ1) is 12.9. The van der Waals surface area contributed by atoms with Gasteiger partial charge in [-0.3, -0.25) is 0 Å². The summed E-state index contributed by atoms with van der Waals surface area (Å²) in [5, 5.41) is 3.98. The lowest BCUT2D eigenvalue weighted by molar-refractivity contribution is 0.750. The van der Waals surface area contributed by atoms with E-state index in [9.17, 15) is 0 Å². The lowest BCUT2D eigenvalue weighted by Crippen LogP contribution is -2.04. The van der Waals surface area contributed by atoms with E-state index in [4.69, 9.17) is 11.6 Å². The molecule has 0 aliphatic rings. The zero-order valence-corrected chi connectivity index (χ0v) is 11.1. The van der Waals surface area contributed by atoms with Crippen LogP contribution < -0.4 is 5.32 Å². The molecule has 0 aliphatic heterocycles. The van der Waals surface area contributed by atoms with E-state index in [0.717, 1.165) is 17.3 Å². The van der Waals surface area contributed by atoms with E-state index in [0.29, 0.717) is 5.92 Å². The molecule has 0 saturated heterocycles. The van der Waals surface area contributed by atoms with Crippen LogP contribution in [0, 0.1) is 5.92 Å². The van der Waals surface area contributed by atoms with E-state index in [1.807, 2.05) is 24.9 Å². The second-order valence-electron chi connectivity index (χ2n) is 4.00. The first-order chi connectivity index (χ1) is 7.13. The molecule has 1 aromatic rings. The molecule has 15 heavy (non-hydrogen) atoms. The van der Waals surface area contributed by atoms with Gasteiger partial charge in [0.1, 0.15) is 0 Å². The summed E-state index contributed by atoms with van der Waals surface area (Å²) in [5.41, 5.74) is 1.23. The van der Waals surface area contributed by atoms with Crippen LogP contribution in [-0.4, -0.2) is 12.8 Å². The van der Waals surface area contributed by atoms with E-state index in [1.54, 1.807) is 0 Å². The van der Waals surface area contributed by atoms with Gasteiger partial charge >= 0.3 is 0 Å². The van der Waals surface area contributed by atoms with E-state index in [1.165, 1.54) is 10.5 Å². The molecule has 0 aliphatic carbocycles. The monoisotopic (exact) mass is 243 g/mol. The van der Waals surface area contributed by atoms with Gasteiger partial charge in [-0.05, 0) is 30.7 Å². The molecule has 0 spiro atoms. The Morgan fingerprint density at radius 3 is 2.67 bits per heavy atom. The molecule has 1 rings (SSSR count). The second kappa shape index (κ2) is 6.41. The van der Waals surface area contributed by atoms with Gasteiger partial charge in [0.2, 0.25) is 0 Å². The number of hydrogen-bond acceptors (Lipinski definition) is 2. The van der Waals surface area contributed by atoms with Crippen molar-refractivity contribution in [2.24, 2.45) is 5.92 Å². The van der Waals surface area contributed by atoms with Crippen LogP contribution in [0.3, 0.4) is 0 Å². The van der Waals surface area contributed by atoms with Gasteiger partial charge in [-0.2, -0.15) is 0 Å². The Hall–Kier alpha value is -0.180. The number of nitrogens with one attached hydrogen (secondary N) is 1. The van der Waals surface area contributed by atoms with Crippen molar-refractivity contribution in [3.8, 4) is 0 Å². The highest BCUT2D eigenvalue weighted by molar-refractivity contribution is 7.99. The zero-order valence-electron chi connectivity index (χ0n) is 9.51. The molecule has 0 atom stereocenters. The molecule has 84 valence electrons. The summed E-state index contributed by atoms with van der Waals surface area (Å²) >= 11 is 8.03. The smallest absolute Gasteiger partial charge is 0.0545 e. The Kier molecular flexibility index (Phi) is 5.51. The molecule has 0 aromatic heterocycles. The standard InChI is InChI=1S/C12H18ClNS/c1-9(2)8-15-12-5-4-10(7-14-3)6-11(12)13/h4-6,9,14H,7-8H2,1-3H3. The van der Waals surface area contributed by atoms with Crippen LogP contribution in [0.15, 0.2) is 23.1 Å². The summed E-state index contributed by atoms with van der Waals surface area (Å²) < 4.78 is 0. The van der Waals surface area contributed by atoms with Crippen LogP contribution in [0.4, 0.5) is 0 Å². The van der Waals surface area contributed by atoms with Gasteiger partial charge in [-0.25, -0.2) is 0 Å². The summed E-state index contributed by atoms with van der Waals surface area (Å²) in [6.45, 7) is 5.31. The molecule has 3 heteroatoms. The van der Waals surface area contributed by atoms with Gasteiger partial charge in [0, 0.05) is 17.2 Å². The molecule has 0 amide bonds. The van der Waals surface area contributed by atoms with Gasteiger partial charge in [-0.1, -0.05) is 31.5 Å². The Morgan fingerprint density at radius 1 is 1.40 bits per heavy atom. The van der Waals surface area contributed by atoms with Crippen LogP contribution in [0.2, 0.25) is 5.02 Å². The summed E-state index contributed by atoms with van der Waals surface area (Å²) in [6, 6.07) is 6.29. The third-order valence-corrected chi connectivity index (χ3v) is 3.87. The van der Waals surface area contributed by atoms with Crippen molar-refractivity contribution >= 4 is 23.4 Å². The van der Waals surface area contributed by atoms with Crippen molar-refractivity contribution in [3.63, 3.8) is 0 Å². The average molecular weight is 244 g/mol. The normalized spacial score (nSPS) is 11.0. The SMILES string of the molecule is CNCc1ccc(SCC(C)C)c(Cl)c1. The first-order valence-electron chi connectivity index (χ1n) is 5.19. The van der Waals surface area contributed by atoms with E-state index < -0.39 is 0 Å². The molecule has 1 nitrogen and oxygen atoms in total. The third kappa shape index (κ3) is 4.45. The van der Waals surface area contributed by atoms with Gasteiger partial charge in [0.25, 0.3) is 0 Å². The minimum atomic E-state index is 0.697.